The average Bonchev–Trinajstić information content (AvgIpc) is 2.46. The fraction of sp³-hybridized carbons (Fsp3) is 0.667. The number of hydrogen-bond acceptors (Lipinski definition) is 3. The van der Waals surface area contributed by atoms with Gasteiger partial charge in [-0.25, -0.2) is 0 Å². The van der Waals surface area contributed by atoms with E-state index in [0.717, 1.165) is 11.3 Å². The van der Waals surface area contributed by atoms with Gasteiger partial charge in [0.2, 0.25) is 0 Å². The summed E-state index contributed by atoms with van der Waals surface area (Å²) in [7, 11) is 0. The highest BCUT2D eigenvalue weighted by atomic mass is 16.3. The lowest BCUT2D eigenvalue weighted by Crippen LogP contribution is -2.11. The van der Waals surface area contributed by atoms with Crippen LogP contribution >= 0.6 is 0 Å². The number of nitrogens with zero attached hydrogens (tertiary/aromatic N) is 2. The second-order valence-corrected chi connectivity index (χ2v) is 3.50. The third-order valence-electron chi connectivity index (χ3n) is 2.07. The van der Waals surface area contributed by atoms with Crippen LogP contribution in [-0.2, 0) is 0 Å². The summed E-state index contributed by atoms with van der Waals surface area (Å²) in [6.07, 6.45) is 1.27. The Morgan fingerprint density at radius 3 is 2.62 bits per heavy atom. The highest BCUT2D eigenvalue weighted by Crippen LogP contribution is 2.17. The lowest BCUT2D eigenvalue weighted by atomic mass is 10.1. The number of aliphatic hydroxyl groups is 1. The first-order valence-electron chi connectivity index (χ1n) is 4.50. The summed E-state index contributed by atoms with van der Waals surface area (Å²) in [5.74, 6) is 0. The quantitative estimate of drug-likeness (QED) is 0.727. The van der Waals surface area contributed by atoms with E-state index < -0.39 is 6.10 Å². The van der Waals surface area contributed by atoms with E-state index in [2.05, 4.69) is 5.10 Å². The van der Waals surface area contributed by atoms with Gasteiger partial charge in [-0.1, -0.05) is 0 Å². The predicted octanol–water partition coefficient (Wildman–Crippen LogP) is 0.765. The van der Waals surface area contributed by atoms with Crippen molar-refractivity contribution in [2.24, 2.45) is 5.73 Å². The minimum atomic E-state index is -0.590. The second kappa shape index (κ2) is 3.89. The molecule has 4 heteroatoms. The Morgan fingerprint density at radius 2 is 2.23 bits per heavy atom. The topological polar surface area (TPSA) is 64.1 Å². The molecule has 74 valence electrons. The molecule has 0 aliphatic carbocycles. The molecule has 0 bridgehead atoms. The van der Waals surface area contributed by atoms with Gasteiger partial charge < -0.3 is 10.8 Å². The third kappa shape index (κ3) is 2.08. The molecule has 0 fully saturated rings. The molecular formula is C9H17N3O. The first kappa shape index (κ1) is 10.2. The summed E-state index contributed by atoms with van der Waals surface area (Å²) in [6, 6.07) is 0.317. The van der Waals surface area contributed by atoms with Crippen molar-refractivity contribution in [3.8, 4) is 0 Å². The number of nitrogens with two attached hydrogens (primary N) is 1. The molecule has 1 aromatic rings. The maximum atomic E-state index is 9.53. The molecule has 4 nitrogen and oxygen atoms in total. The van der Waals surface area contributed by atoms with Gasteiger partial charge in [-0.15, -0.1) is 0 Å². The summed E-state index contributed by atoms with van der Waals surface area (Å²) in [4.78, 5) is 0. The lowest BCUT2D eigenvalue weighted by molar-refractivity contribution is 0.186. The van der Waals surface area contributed by atoms with Gasteiger partial charge in [0, 0.05) is 24.3 Å². The Balaban J connectivity index is 2.96. The van der Waals surface area contributed by atoms with E-state index in [0.29, 0.717) is 6.04 Å². The van der Waals surface area contributed by atoms with Gasteiger partial charge in [0.1, 0.15) is 0 Å². The van der Waals surface area contributed by atoms with Crippen LogP contribution in [0.25, 0.3) is 0 Å². The van der Waals surface area contributed by atoms with Crippen molar-refractivity contribution in [2.75, 3.05) is 6.54 Å². The molecule has 13 heavy (non-hydrogen) atoms. The zero-order valence-corrected chi connectivity index (χ0v) is 8.36. The number of aromatic nitrogens is 2. The molecular weight excluding hydrogens is 166 g/mol. The first-order valence-corrected chi connectivity index (χ1v) is 4.50. The van der Waals surface area contributed by atoms with Crippen molar-refractivity contribution in [3.63, 3.8) is 0 Å². The van der Waals surface area contributed by atoms with Gasteiger partial charge in [0.15, 0.2) is 0 Å². The maximum Gasteiger partial charge on any atom is 0.0945 e. The second-order valence-electron chi connectivity index (χ2n) is 3.50. The molecule has 0 saturated carbocycles. The maximum absolute atomic E-state index is 9.53. The fourth-order valence-corrected chi connectivity index (χ4v) is 1.21. The van der Waals surface area contributed by atoms with Crippen LogP contribution in [0.3, 0.4) is 0 Å². The Morgan fingerprint density at radius 1 is 1.62 bits per heavy atom. The minimum Gasteiger partial charge on any atom is -0.387 e. The van der Waals surface area contributed by atoms with Gasteiger partial charge >= 0.3 is 0 Å². The van der Waals surface area contributed by atoms with Crippen molar-refractivity contribution in [1.29, 1.82) is 0 Å². The molecule has 0 spiro atoms. The van der Waals surface area contributed by atoms with E-state index >= 15 is 0 Å². The smallest absolute Gasteiger partial charge is 0.0945 e. The highest BCUT2D eigenvalue weighted by molar-refractivity contribution is 5.18. The molecule has 0 aliphatic heterocycles. The van der Waals surface area contributed by atoms with E-state index in [1.165, 1.54) is 0 Å². The van der Waals surface area contributed by atoms with Crippen molar-refractivity contribution >= 4 is 0 Å². The number of rotatable bonds is 3. The Bertz CT molecular complexity index is 280. The summed E-state index contributed by atoms with van der Waals surface area (Å²) in [5.41, 5.74) is 7.05. The number of aryl methyl sites for hydroxylation is 1. The summed E-state index contributed by atoms with van der Waals surface area (Å²) < 4.78 is 1.84. The SMILES string of the molecule is Cc1nn(C(C)C)cc1C(O)CN. The molecule has 0 aromatic carbocycles. The van der Waals surface area contributed by atoms with Crippen LogP contribution < -0.4 is 5.73 Å². The zero-order valence-electron chi connectivity index (χ0n) is 8.36. The van der Waals surface area contributed by atoms with E-state index in [-0.39, 0.29) is 6.54 Å². The summed E-state index contributed by atoms with van der Waals surface area (Å²) >= 11 is 0. The van der Waals surface area contributed by atoms with E-state index in [1.807, 2.05) is 31.6 Å². The summed E-state index contributed by atoms with van der Waals surface area (Å²) in [6.45, 7) is 6.22. The number of aliphatic hydroxyl groups excluding tert-OH is 1. The van der Waals surface area contributed by atoms with Crippen LogP contribution in [-0.4, -0.2) is 21.4 Å². The third-order valence-corrected chi connectivity index (χ3v) is 2.07. The van der Waals surface area contributed by atoms with Crippen LogP contribution in [0.2, 0.25) is 0 Å². The molecule has 3 N–H and O–H groups in total. The van der Waals surface area contributed by atoms with Crippen molar-refractivity contribution in [3.05, 3.63) is 17.5 Å². The molecule has 1 rings (SSSR count). The van der Waals surface area contributed by atoms with Crippen LogP contribution in [0.4, 0.5) is 0 Å². The van der Waals surface area contributed by atoms with Crippen LogP contribution in [0.5, 0.6) is 0 Å². The van der Waals surface area contributed by atoms with E-state index in [9.17, 15) is 5.11 Å². The average molecular weight is 183 g/mol. The largest absolute Gasteiger partial charge is 0.387 e. The Labute approximate surface area is 78.4 Å². The van der Waals surface area contributed by atoms with Crippen molar-refractivity contribution < 1.29 is 5.11 Å². The lowest BCUT2D eigenvalue weighted by Gasteiger charge is -2.05. The molecule has 0 amide bonds. The molecule has 0 saturated heterocycles. The van der Waals surface area contributed by atoms with Crippen LogP contribution in [0.15, 0.2) is 6.20 Å². The number of hydrogen-bond donors (Lipinski definition) is 2. The van der Waals surface area contributed by atoms with Gasteiger partial charge in [-0.2, -0.15) is 5.10 Å². The monoisotopic (exact) mass is 183 g/mol. The summed E-state index contributed by atoms with van der Waals surface area (Å²) in [5, 5.41) is 13.8. The zero-order chi connectivity index (χ0) is 10.0. The van der Waals surface area contributed by atoms with Crippen LogP contribution in [0.1, 0.15) is 37.3 Å². The predicted molar refractivity (Wildman–Crippen MR) is 51.4 cm³/mol. The van der Waals surface area contributed by atoms with E-state index in [1.54, 1.807) is 0 Å². The first-order chi connectivity index (χ1) is 6.06. The molecule has 0 radical (unpaired) electrons. The van der Waals surface area contributed by atoms with Crippen LogP contribution in [0, 0.1) is 6.92 Å². The standard InChI is InChI=1S/C9H17N3O/c1-6(2)12-5-8(7(3)11-12)9(13)4-10/h5-6,9,13H,4,10H2,1-3H3. The van der Waals surface area contributed by atoms with Gasteiger partial charge in [-0.05, 0) is 20.8 Å². The van der Waals surface area contributed by atoms with Crippen molar-refractivity contribution in [1.82, 2.24) is 9.78 Å². The fourth-order valence-electron chi connectivity index (χ4n) is 1.21. The Kier molecular flexibility index (Phi) is 3.06. The van der Waals surface area contributed by atoms with Crippen molar-refractivity contribution in [2.45, 2.75) is 32.9 Å². The molecule has 1 atom stereocenters. The Hall–Kier alpha value is -0.870. The van der Waals surface area contributed by atoms with E-state index in [4.69, 9.17) is 5.73 Å². The molecule has 1 aromatic heterocycles. The molecule has 1 unspecified atom stereocenters. The van der Waals surface area contributed by atoms with Gasteiger partial charge in [0.05, 0.1) is 11.8 Å². The molecule has 1 heterocycles. The normalized spacial score (nSPS) is 13.7. The minimum absolute atomic E-state index is 0.241. The molecule has 0 aliphatic rings. The van der Waals surface area contributed by atoms with Gasteiger partial charge in [0.25, 0.3) is 0 Å². The van der Waals surface area contributed by atoms with Gasteiger partial charge in [-0.3, -0.25) is 4.68 Å². The highest BCUT2D eigenvalue weighted by Gasteiger charge is 2.13.